The van der Waals surface area contributed by atoms with Gasteiger partial charge in [0.15, 0.2) is 23.6 Å². The Labute approximate surface area is 218 Å². The SMILES string of the molecule is CC(C)(O)c1nc(Cn2nc(-c3ccc(Cl)cc3)n(CC(O)C(F)(F)F)c2=O)nn1-c1cccc(Cl)c1. The number of aliphatic hydroxyl groups excluding tert-OH is 1. The van der Waals surface area contributed by atoms with Crippen LogP contribution in [0, 0.1) is 0 Å². The number of aliphatic hydroxyl groups is 2. The van der Waals surface area contributed by atoms with Crippen molar-refractivity contribution >= 4 is 23.2 Å². The van der Waals surface area contributed by atoms with Gasteiger partial charge in [-0.1, -0.05) is 29.3 Å². The lowest BCUT2D eigenvalue weighted by Gasteiger charge is -2.17. The Kier molecular flexibility index (Phi) is 7.21. The number of rotatable bonds is 7. The van der Waals surface area contributed by atoms with Crippen LogP contribution in [0.25, 0.3) is 17.1 Å². The van der Waals surface area contributed by atoms with Crippen molar-refractivity contribution in [2.75, 3.05) is 0 Å². The predicted octanol–water partition coefficient (Wildman–Crippen LogP) is 3.80. The smallest absolute Gasteiger partial charge is 0.382 e. The summed E-state index contributed by atoms with van der Waals surface area (Å²) in [5.41, 5.74) is -1.55. The van der Waals surface area contributed by atoms with Crippen LogP contribution in [0.3, 0.4) is 0 Å². The molecule has 0 aliphatic carbocycles. The molecule has 2 aromatic heterocycles. The maximum Gasteiger partial charge on any atom is 0.416 e. The molecular weight excluding hydrogens is 536 g/mol. The first-order valence-electron chi connectivity index (χ1n) is 10.9. The zero-order chi connectivity index (χ0) is 27.1. The van der Waals surface area contributed by atoms with Crippen LogP contribution >= 0.6 is 23.2 Å². The van der Waals surface area contributed by atoms with Crippen molar-refractivity contribution in [3.63, 3.8) is 0 Å². The van der Waals surface area contributed by atoms with Gasteiger partial charge in [0.2, 0.25) is 0 Å². The first-order valence-corrected chi connectivity index (χ1v) is 11.6. The molecule has 0 amide bonds. The van der Waals surface area contributed by atoms with Crippen molar-refractivity contribution in [1.29, 1.82) is 0 Å². The van der Waals surface area contributed by atoms with Gasteiger partial charge in [-0.3, -0.25) is 4.57 Å². The minimum absolute atomic E-state index is 0.0582. The van der Waals surface area contributed by atoms with E-state index >= 15 is 0 Å². The maximum atomic E-state index is 13.1. The highest BCUT2D eigenvalue weighted by atomic mass is 35.5. The molecule has 0 radical (unpaired) electrons. The molecule has 4 aromatic rings. The number of benzene rings is 2. The molecule has 0 saturated heterocycles. The molecular formula is C23H21Cl2F3N6O3. The largest absolute Gasteiger partial charge is 0.416 e. The Hall–Kier alpha value is -3.19. The van der Waals surface area contributed by atoms with Gasteiger partial charge in [-0.15, -0.1) is 10.2 Å². The van der Waals surface area contributed by atoms with E-state index in [1.54, 1.807) is 24.3 Å². The van der Waals surface area contributed by atoms with Crippen LogP contribution in [0.4, 0.5) is 13.2 Å². The molecule has 9 nitrogen and oxygen atoms in total. The van der Waals surface area contributed by atoms with Crippen LogP contribution in [0.15, 0.2) is 53.3 Å². The Bertz CT molecular complexity index is 1470. The van der Waals surface area contributed by atoms with E-state index in [2.05, 4.69) is 15.2 Å². The topological polar surface area (TPSA) is 111 Å². The third-order valence-electron chi connectivity index (χ3n) is 5.30. The van der Waals surface area contributed by atoms with E-state index in [-0.39, 0.29) is 24.0 Å². The summed E-state index contributed by atoms with van der Waals surface area (Å²) < 4.78 is 42.2. The van der Waals surface area contributed by atoms with E-state index < -0.39 is 30.1 Å². The molecule has 196 valence electrons. The summed E-state index contributed by atoms with van der Waals surface area (Å²) in [6, 6.07) is 12.6. The molecule has 2 N–H and O–H groups in total. The first-order chi connectivity index (χ1) is 17.2. The molecule has 2 aromatic carbocycles. The number of aromatic nitrogens is 6. The van der Waals surface area contributed by atoms with Gasteiger partial charge < -0.3 is 10.2 Å². The second-order valence-corrected chi connectivity index (χ2v) is 9.61. The number of hydrogen-bond donors (Lipinski definition) is 2. The highest BCUT2D eigenvalue weighted by molar-refractivity contribution is 6.31. The molecule has 4 rings (SSSR count). The van der Waals surface area contributed by atoms with Crippen LogP contribution in [0.1, 0.15) is 25.5 Å². The minimum atomic E-state index is -4.95. The van der Waals surface area contributed by atoms with E-state index in [9.17, 15) is 28.2 Å². The highest BCUT2D eigenvalue weighted by Crippen LogP contribution is 2.25. The van der Waals surface area contributed by atoms with E-state index in [0.29, 0.717) is 21.3 Å². The summed E-state index contributed by atoms with van der Waals surface area (Å²) in [4.78, 5) is 17.5. The minimum Gasteiger partial charge on any atom is -0.382 e. The van der Waals surface area contributed by atoms with Gasteiger partial charge in [0.05, 0.1) is 12.2 Å². The van der Waals surface area contributed by atoms with Gasteiger partial charge in [0, 0.05) is 15.6 Å². The van der Waals surface area contributed by atoms with Crippen LogP contribution < -0.4 is 5.69 Å². The van der Waals surface area contributed by atoms with Gasteiger partial charge in [-0.05, 0) is 56.3 Å². The molecule has 0 aliphatic heterocycles. The lowest BCUT2D eigenvalue weighted by molar-refractivity contribution is -0.207. The lowest BCUT2D eigenvalue weighted by atomic mass is 10.1. The van der Waals surface area contributed by atoms with Gasteiger partial charge in [-0.25, -0.2) is 19.1 Å². The number of halogens is 5. The molecule has 0 bridgehead atoms. The van der Waals surface area contributed by atoms with E-state index in [1.807, 2.05) is 0 Å². The van der Waals surface area contributed by atoms with Gasteiger partial charge in [0.25, 0.3) is 0 Å². The average Bonchev–Trinajstić information content (AvgIpc) is 3.36. The van der Waals surface area contributed by atoms with Crippen molar-refractivity contribution in [2.45, 2.75) is 44.8 Å². The monoisotopic (exact) mass is 556 g/mol. The molecule has 37 heavy (non-hydrogen) atoms. The molecule has 0 fully saturated rings. The fourth-order valence-electron chi connectivity index (χ4n) is 3.54. The predicted molar refractivity (Wildman–Crippen MR) is 130 cm³/mol. The lowest BCUT2D eigenvalue weighted by Crippen LogP contribution is -2.37. The van der Waals surface area contributed by atoms with Gasteiger partial charge >= 0.3 is 11.9 Å². The van der Waals surface area contributed by atoms with Crippen molar-refractivity contribution in [3.8, 4) is 17.1 Å². The molecule has 0 aliphatic rings. The average molecular weight is 557 g/mol. The van der Waals surface area contributed by atoms with Gasteiger partial charge in [-0.2, -0.15) is 13.2 Å². The molecule has 1 atom stereocenters. The maximum absolute atomic E-state index is 13.1. The van der Waals surface area contributed by atoms with Crippen LogP contribution in [0.5, 0.6) is 0 Å². The van der Waals surface area contributed by atoms with Crippen molar-refractivity contribution in [3.05, 3.63) is 80.7 Å². The summed E-state index contributed by atoms with van der Waals surface area (Å²) in [5.74, 6) is 0.0903. The third-order valence-corrected chi connectivity index (χ3v) is 5.79. The summed E-state index contributed by atoms with van der Waals surface area (Å²) in [7, 11) is 0. The Morgan fingerprint density at radius 2 is 1.70 bits per heavy atom. The number of hydrogen-bond acceptors (Lipinski definition) is 6. The summed E-state index contributed by atoms with van der Waals surface area (Å²) in [6.45, 7) is 1.60. The number of nitrogens with zero attached hydrogens (tertiary/aromatic N) is 6. The second kappa shape index (κ2) is 9.93. The molecule has 0 spiro atoms. The van der Waals surface area contributed by atoms with E-state index in [4.69, 9.17) is 23.2 Å². The molecule has 2 heterocycles. The van der Waals surface area contributed by atoms with Crippen molar-refractivity contribution < 1.29 is 23.4 Å². The van der Waals surface area contributed by atoms with Crippen LogP contribution in [-0.4, -0.2) is 51.6 Å². The van der Waals surface area contributed by atoms with Crippen molar-refractivity contribution in [2.24, 2.45) is 0 Å². The molecule has 14 heteroatoms. The van der Waals surface area contributed by atoms with Crippen LogP contribution in [-0.2, 0) is 18.7 Å². The highest BCUT2D eigenvalue weighted by Gasteiger charge is 2.39. The van der Waals surface area contributed by atoms with E-state index in [0.717, 1.165) is 9.25 Å². The first kappa shape index (κ1) is 26.9. The Morgan fingerprint density at radius 3 is 2.30 bits per heavy atom. The Balaban J connectivity index is 1.79. The summed E-state index contributed by atoms with van der Waals surface area (Å²) in [6.07, 6.45) is -7.74. The van der Waals surface area contributed by atoms with E-state index in [1.165, 1.54) is 42.8 Å². The quantitative estimate of drug-likeness (QED) is 0.358. The summed E-state index contributed by atoms with van der Waals surface area (Å²) >= 11 is 12.0. The standard InChI is InChI=1S/C23H21Cl2F3N6O3/c1-22(2,37)20-29-18(30-34(20)16-5-3-4-15(25)10-16)12-33-21(36)32(11-17(35)23(26,27)28)19(31-33)13-6-8-14(24)9-7-13/h3-10,17,35,37H,11-12H2,1-2H3. The zero-order valence-electron chi connectivity index (χ0n) is 19.5. The number of alkyl halides is 3. The second-order valence-electron chi connectivity index (χ2n) is 8.74. The molecule has 1 unspecified atom stereocenters. The molecule has 0 saturated carbocycles. The fourth-order valence-corrected chi connectivity index (χ4v) is 3.85. The fraction of sp³-hybridized carbons (Fsp3) is 0.304. The zero-order valence-corrected chi connectivity index (χ0v) is 21.0. The normalized spacial score (nSPS) is 13.2. The summed E-state index contributed by atoms with van der Waals surface area (Å²) in [5, 5.41) is 29.7. The van der Waals surface area contributed by atoms with Crippen molar-refractivity contribution in [1.82, 2.24) is 29.1 Å². The third kappa shape index (κ3) is 5.87. The Morgan fingerprint density at radius 1 is 1.03 bits per heavy atom. The van der Waals surface area contributed by atoms with Gasteiger partial charge in [0.1, 0.15) is 12.1 Å². The van der Waals surface area contributed by atoms with Crippen LogP contribution in [0.2, 0.25) is 10.0 Å².